The molecule has 2 aliphatic heterocycles. The van der Waals surface area contributed by atoms with Crippen molar-refractivity contribution in [1.29, 1.82) is 0 Å². The van der Waals surface area contributed by atoms with E-state index in [-0.39, 0.29) is 41.6 Å². The number of carbonyl (C=O) groups excluding carboxylic acids is 2. The predicted octanol–water partition coefficient (Wildman–Crippen LogP) is 2.37. The number of hydrogen-bond donors (Lipinski definition) is 2. The molecule has 2 N–H and O–H groups in total. The molecule has 2 amide bonds. The molecule has 3 aliphatic rings. The fourth-order valence-electron chi connectivity index (χ4n) is 4.21. The van der Waals surface area contributed by atoms with Crippen LogP contribution in [0.3, 0.4) is 0 Å². The van der Waals surface area contributed by atoms with Crippen molar-refractivity contribution in [2.75, 3.05) is 24.5 Å². The zero-order valence-electron chi connectivity index (χ0n) is 14.0. The second-order valence-corrected chi connectivity index (χ2v) is 7.64. The molecule has 4 rings (SSSR count). The molecule has 3 fully saturated rings. The molecule has 136 valence electrons. The summed E-state index contributed by atoms with van der Waals surface area (Å²) in [4.78, 5) is 26.6. The molecule has 5 nitrogen and oxygen atoms in total. The minimum Gasteiger partial charge on any atom is -0.351 e. The molecule has 7 heteroatoms. The summed E-state index contributed by atoms with van der Waals surface area (Å²) in [6.07, 6.45) is 3.51. The Morgan fingerprint density at radius 1 is 1.28 bits per heavy atom. The van der Waals surface area contributed by atoms with E-state index >= 15 is 0 Å². The lowest BCUT2D eigenvalue weighted by atomic mass is 9.91. The quantitative estimate of drug-likeness (QED) is 0.841. The maximum atomic E-state index is 12.6. The molecule has 2 saturated heterocycles. The normalized spacial score (nSPS) is 27.1. The van der Waals surface area contributed by atoms with Crippen LogP contribution in [0.15, 0.2) is 24.3 Å². The molecule has 1 aromatic carbocycles. The first-order valence-electron chi connectivity index (χ1n) is 8.65. The van der Waals surface area contributed by atoms with Crippen LogP contribution < -0.4 is 15.5 Å². The van der Waals surface area contributed by atoms with Crippen molar-refractivity contribution in [3.05, 3.63) is 29.3 Å². The van der Waals surface area contributed by atoms with Crippen molar-refractivity contribution in [3.8, 4) is 0 Å². The predicted molar refractivity (Wildman–Crippen MR) is 100 cm³/mol. The minimum absolute atomic E-state index is 0. The highest BCUT2D eigenvalue weighted by atomic mass is 35.5. The fourth-order valence-corrected chi connectivity index (χ4v) is 4.44. The van der Waals surface area contributed by atoms with Crippen LogP contribution in [0.5, 0.6) is 0 Å². The summed E-state index contributed by atoms with van der Waals surface area (Å²) in [5.41, 5.74) is 0.947. The van der Waals surface area contributed by atoms with Gasteiger partial charge in [0.1, 0.15) is 0 Å². The van der Waals surface area contributed by atoms with Crippen molar-refractivity contribution in [2.45, 2.75) is 31.7 Å². The molecule has 2 heterocycles. The van der Waals surface area contributed by atoms with Crippen molar-refractivity contribution < 1.29 is 9.59 Å². The monoisotopic (exact) mass is 383 g/mol. The average molecular weight is 384 g/mol. The highest BCUT2D eigenvalue weighted by Crippen LogP contribution is 2.58. The summed E-state index contributed by atoms with van der Waals surface area (Å²) in [5.74, 6) is 0.264. The van der Waals surface area contributed by atoms with Gasteiger partial charge >= 0.3 is 0 Å². The van der Waals surface area contributed by atoms with Crippen LogP contribution in [-0.4, -0.2) is 37.5 Å². The summed E-state index contributed by atoms with van der Waals surface area (Å²) in [6.45, 7) is 2.51. The van der Waals surface area contributed by atoms with Crippen LogP contribution in [0, 0.1) is 11.3 Å². The second kappa shape index (κ2) is 7.14. The maximum absolute atomic E-state index is 12.6. The van der Waals surface area contributed by atoms with Gasteiger partial charge in [0.25, 0.3) is 0 Å². The molecule has 1 spiro atoms. The van der Waals surface area contributed by atoms with Gasteiger partial charge in [-0.05, 0) is 49.9 Å². The van der Waals surface area contributed by atoms with Gasteiger partial charge in [0.15, 0.2) is 0 Å². The number of piperidine rings is 1. The van der Waals surface area contributed by atoms with Gasteiger partial charge in [0, 0.05) is 18.9 Å². The number of anilines is 1. The van der Waals surface area contributed by atoms with Gasteiger partial charge in [0.2, 0.25) is 11.8 Å². The van der Waals surface area contributed by atoms with E-state index in [0.29, 0.717) is 18.0 Å². The van der Waals surface area contributed by atoms with E-state index in [1.165, 1.54) is 0 Å². The number of carbonyl (C=O) groups is 2. The molecule has 2 unspecified atom stereocenters. The standard InChI is InChI=1S/C18H22ClN3O2.ClH/c19-14-3-1-2-4-15(14)22-11-12(9-16(22)23)21-17(24)13-10-18(13)5-7-20-8-6-18;/h1-4,12-13,20H,5-11H2,(H,21,24);1H. The first-order chi connectivity index (χ1) is 11.6. The number of rotatable bonds is 3. The van der Waals surface area contributed by atoms with E-state index in [2.05, 4.69) is 10.6 Å². The molecule has 1 aliphatic carbocycles. The number of hydrogen-bond acceptors (Lipinski definition) is 3. The molecule has 2 atom stereocenters. The number of halogens is 2. The van der Waals surface area contributed by atoms with Crippen LogP contribution in [0.1, 0.15) is 25.7 Å². The Kier molecular flexibility index (Phi) is 5.28. The summed E-state index contributed by atoms with van der Waals surface area (Å²) >= 11 is 6.19. The number of para-hydroxylation sites is 1. The van der Waals surface area contributed by atoms with Crippen LogP contribution in [0.25, 0.3) is 0 Å². The second-order valence-electron chi connectivity index (χ2n) is 7.23. The Morgan fingerprint density at radius 3 is 2.72 bits per heavy atom. The Balaban J connectivity index is 0.00000182. The van der Waals surface area contributed by atoms with Gasteiger partial charge in [0.05, 0.1) is 16.8 Å². The number of benzene rings is 1. The third kappa shape index (κ3) is 3.50. The fraction of sp³-hybridized carbons (Fsp3) is 0.556. The lowest BCUT2D eigenvalue weighted by Gasteiger charge is -2.23. The van der Waals surface area contributed by atoms with Gasteiger partial charge in [-0.3, -0.25) is 9.59 Å². The lowest BCUT2D eigenvalue weighted by Crippen LogP contribution is -2.40. The SMILES string of the molecule is Cl.O=C(NC1CC(=O)N(c2ccccc2Cl)C1)C1CC12CCNCC2. The largest absolute Gasteiger partial charge is 0.351 e. The van der Waals surface area contributed by atoms with Crippen LogP contribution in [0.2, 0.25) is 5.02 Å². The first kappa shape index (κ1) is 18.5. The van der Waals surface area contributed by atoms with Crippen molar-refractivity contribution >= 4 is 41.5 Å². The van der Waals surface area contributed by atoms with Gasteiger partial charge in [-0.25, -0.2) is 0 Å². The topological polar surface area (TPSA) is 61.4 Å². The number of amides is 2. The van der Waals surface area contributed by atoms with E-state index in [0.717, 1.165) is 38.0 Å². The zero-order chi connectivity index (χ0) is 16.7. The lowest BCUT2D eigenvalue weighted by molar-refractivity contribution is -0.123. The maximum Gasteiger partial charge on any atom is 0.229 e. The minimum atomic E-state index is -0.124. The molecule has 1 saturated carbocycles. The van der Waals surface area contributed by atoms with E-state index in [1.54, 1.807) is 11.0 Å². The van der Waals surface area contributed by atoms with E-state index in [1.807, 2.05) is 18.2 Å². The first-order valence-corrected chi connectivity index (χ1v) is 9.03. The molecule has 0 aromatic heterocycles. The summed E-state index contributed by atoms with van der Waals surface area (Å²) in [5, 5.41) is 7.01. The molecule has 1 aromatic rings. The third-order valence-electron chi connectivity index (χ3n) is 5.72. The summed E-state index contributed by atoms with van der Waals surface area (Å²) < 4.78 is 0. The molecular formula is C18H23Cl2N3O2. The van der Waals surface area contributed by atoms with E-state index in [4.69, 9.17) is 11.6 Å². The number of nitrogens with zero attached hydrogens (tertiary/aromatic N) is 1. The van der Waals surface area contributed by atoms with E-state index < -0.39 is 0 Å². The summed E-state index contributed by atoms with van der Waals surface area (Å²) in [6, 6.07) is 7.21. The van der Waals surface area contributed by atoms with Crippen molar-refractivity contribution in [1.82, 2.24) is 10.6 Å². The Labute approximate surface area is 158 Å². The molecule has 0 radical (unpaired) electrons. The number of nitrogens with one attached hydrogen (secondary N) is 2. The molecular weight excluding hydrogens is 361 g/mol. The highest BCUT2D eigenvalue weighted by molar-refractivity contribution is 6.33. The van der Waals surface area contributed by atoms with E-state index in [9.17, 15) is 9.59 Å². The average Bonchev–Trinajstić information content (AvgIpc) is 3.14. The smallest absolute Gasteiger partial charge is 0.229 e. The van der Waals surface area contributed by atoms with Crippen LogP contribution >= 0.6 is 24.0 Å². The molecule has 25 heavy (non-hydrogen) atoms. The Hall–Kier alpha value is -1.30. The zero-order valence-corrected chi connectivity index (χ0v) is 15.5. The highest BCUT2D eigenvalue weighted by Gasteiger charge is 2.57. The Morgan fingerprint density at radius 2 is 2.00 bits per heavy atom. The van der Waals surface area contributed by atoms with Crippen molar-refractivity contribution in [2.24, 2.45) is 11.3 Å². The van der Waals surface area contributed by atoms with Gasteiger partial charge in [-0.1, -0.05) is 23.7 Å². The van der Waals surface area contributed by atoms with Gasteiger partial charge in [-0.15, -0.1) is 12.4 Å². The van der Waals surface area contributed by atoms with Gasteiger partial charge in [-0.2, -0.15) is 0 Å². The summed E-state index contributed by atoms with van der Waals surface area (Å²) in [7, 11) is 0. The van der Waals surface area contributed by atoms with Crippen LogP contribution in [0.4, 0.5) is 5.69 Å². The third-order valence-corrected chi connectivity index (χ3v) is 6.04. The molecule has 0 bridgehead atoms. The van der Waals surface area contributed by atoms with Crippen molar-refractivity contribution in [3.63, 3.8) is 0 Å². The van der Waals surface area contributed by atoms with Gasteiger partial charge < -0.3 is 15.5 Å². The van der Waals surface area contributed by atoms with Crippen LogP contribution in [-0.2, 0) is 9.59 Å². The Bertz CT molecular complexity index is 676.